The van der Waals surface area contributed by atoms with Crippen LogP contribution >= 0.6 is 15.9 Å². The Morgan fingerprint density at radius 2 is 1.89 bits per heavy atom. The van der Waals surface area contributed by atoms with E-state index in [1.165, 1.54) is 0 Å². The van der Waals surface area contributed by atoms with Gasteiger partial charge in [-0.15, -0.1) is 0 Å². The first-order valence-corrected chi connectivity index (χ1v) is 7.05. The lowest BCUT2D eigenvalue weighted by Crippen LogP contribution is -2.48. The SMILES string of the molecule is Cc1nc(Br)c(C(C(=O)O)N2CCN(C)CC2)n1C. The highest BCUT2D eigenvalue weighted by Crippen LogP contribution is 2.29. The quantitative estimate of drug-likeness (QED) is 0.890. The van der Waals surface area contributed by atoms with Gasteiger partial charge in [0.2, 0.25) is 0 Å². The molecule has 0 spiro atoms. The van der Waals surface area contributed by atoms with Crippen LogP contribution in [0.1, 0.15) is 17.6 Å². The molecule has 0 aliphatic carbocycles. The van der Waals surface area contributed by atoms with E-state index in [-0.39, 0.29) is 0 Å². The number of rotatable bonds is 3. The monoisotopic (exact) mass is 330 g/mol. The number of aliphatic carboxylic acids is 1. The van der Waals surface area contributed by atoms with Gasteiger partial charge >= 0.3 is 5.97 Å². The van der Waals surface area contributed by atoms with Gasteiger partial charge in [-0.05, 0) is 29.9 Å². The molecule has 1 aromatic rings. The van der Waals surface area contributed by atoms with Crippen LogP contribution in [0.3, 0.4) is 0 Å². The average molecular weight is 331 g/mol. The Hall–Kier alpha value is -0.920. The molecular formula is C12H19BrN4O2. The third-order valence-electron chi connectivity index (χ3n) is 3.71. The lowest BCUT2D eigenvalue weighted by Gasteiger charge is -2.36. The molecule has 2 rings (SSSR count). The van der Waals surface area contributed by atoms with Crippen molar-refractivity contribution in [1.29, 1.82) is 0 Å². The number of likely N-dealkylation sites (N-methyl/N-ethyl adjacent to an activating group) is 1. The van der Waals surface area contributed by atoms with Gasteiger partial charge in [-0.2, -0.15) is 0 Å². The van der Waals surface area contributed by atoms with Crippen LogP contribution in [0.15, 0.2) is 4.60 Å². The Kier molecular flexibility index (Phi) is 4.27. The number of imidazole rings is 1. The fourth-order valence-electron chi connectivity index (χ4n) is 2.41. The zero-order valence-corrected chi connectivity index (χ0v) is 13.0. The molecule has 1 aromatic heterocycles. The van der Waals surface area contributed by atoms with Crippen molar-refractivity contribution in [2.75, 3.05) is 33.2 Å². The number of aromatic nitrogens is 2. The predicted octanol–water partition coefficient (Wildman–Crippen LogP) is 0.864. The van der Waals surface area contributed by atoms with Gasteiger partial charge in [0.15, 0.2) is 6.04 Å². The second-order valence-electron chi connectivity index (χ2n) is 4.97. The number of hydrogen-bond donors (Lipinski definition) is 1. The molecule has 19 heavy (non-hydrogen) atoms. The molecule has 0 amide bonds. The van der Waals surface area contributed by atoms with Crippen molar-refractivity contribution in [2.45, 2.75) is 13.0 Å². The average Bonchev–Trinajstić information content (AvgIpc) is 2.58. The summed E-state index contributed by atoms with van der Waals surface area (Å²) in [5, 5.41) is 9.59. The first-order chi connectivity index (χ1) is 8.91. The molecule has 1 unspecified atom stereocenters. The van der Waals surface area contributed by atoms with E-state index < -0.39 is 12.0 Å². The summed E-state index contributed by atoms with van der Waals surface area (Å²) < 4.78 is 2.47. The fourth-order valence-corrected chi connectivity index (χ4v) is 3.15. The highest BCUT2D eigenvalue weighted by molar-refractivity contribution is 9.10. The molecule has 6 nitrogen and oxygen atoms in total. The van der Waals surface area contributed by atoms with Crippen molar-refractivity contribution in [3.63, 3.8) is 0 Å². The maximum Gasteiger partial charge on any atom is 0.327 e. The highest BCUT2D eigenvalue weighted by Gasteiger charge is 2.34. The number of aryl methyl sites for hydroxylation is 1. The first kappa shape index (κ1) is 14.5. The summed E-state index contributed by atoms with van der Waals surface area (Å²) >= 11 is 3.38. The van der Waals surface area contributed by atoms with E-state index in [1.54, 1.807) is 0 Å². The summed E-state index contributed by atoms with van der Waals surface area (Å²) in [6.07, 6.45) is 0. The second kappa shape index (κ2) is 5.60. The number of hydrogen-bond acceptors (Lipinski definition) is 4. The standard InChI is InChI=1S/C12H19BrN4O2/c1-8-14-11(13)9(16(8)3)10(12(18)19)17-6-4-15(2)5-7-17/h10H,4-7H2,1-3H3,(H,18,19). The Bertz CT molecular complexity index is 480. The van der Waals surface area contributed by atoms with Crippen LogP contribution in [0.25, 0.3) is 0 Å². The van der Waals surface area contributed by atoms with Gasteiger partial charge in [0.1, 0.15) is 10.4 Å². The van der Waals surface area contributed by atoms with Crippen molar-refractivity contribution < 1.29 is 9.90 Å². The van der Waals surface area contributed by atoms with Gasteiger partial charge in [-0.25, -0.2) is 4.98 Å². The lowest BCUT2D eigenvalue weighted by molar-refractivity contribution is -0.144. The molecule has 2 heterocycles. The Labute approximate surface area is 121 Å². The van der Waals surface area contributed by atoms with Crippen LogP contribution in [0.2, 0.25) is 0 Å². The molecule has 106 valence electrons. The highest BCUT2D eigenvalue weighted by atomic mass is 79.9. The van der Waals surface area contributed by atoms with Gasteiger partial charge in [0.05, 0.1) is 5.69 Å². The molecule has 0 aromatic carbocycles. The van der Waals surface area contributed by atoms with Gasteiger partial charge < -0.3 is 14.6 Å². The van der Waals surface area contributed by atoms with Crippen molar-refractivity contribution in [1.82, 2.24) is 19.4 Å². The smallest absolute Gasteiger partial charge is 0.327 e. The van der Waals surface area contributed by atoms with E-state index in [0.717, 1.165) is 37.7 Å². The number of nitrogens with zero attached hydrogens (tertiary/aromatic N) is 4. The van der Waals surface area contributed by atoms with Crippen LogP contribution in [-0.2, 0) is 11.8 Å². The molecule has 0 bridgehead atoms. The molecule has 1 saturated heterocycles. The van der Waals surface area contributed by atoms with Gasteiger partial charge in [0.25, 0.3) is 0 Å². The first-order valence-electron chi connectivity index (χ1n) is 6.26. The Balaban J connectivity index is 2.33. The summed E-state index contributed by atoms with van der Waals surface area (Å²) in [5.74, 6) is -0.0181. The molecule has 1 N–H and O–H groups in total. The molecule has 1 aliphatic heterocycles. The van der Waals surface area contributed by atoms with Crippen molar-refractivity contribution >= 4 is 21.9 Å². The topological polar surface area (TPSA) is 61.6 Å². The maximum absolute atomic E-state index is 11.7. The van der Waals surface area contributed by atoms with E-state index in [0.29, 0.717) is 4.60 Å². The molecule has 0 saturated carbocycles. The van der Waals surface area contributed by atoms with Gasteiger partial charge in [-0.3, -0.25) is 9.69 Å². The summed E-state index contributed by atoms with van der Waals surface area (Å²) in [7, 11) is 3.91. The molecule has 1 fully saturated rings. The third-order valence-corrected chi connectivity index (χ3v) is 4.30. The van der Waals surface area contributed by atoms with E-state index >= 15 is 0 Å². The van der Waals surface area contributed by atoms with Gasteiger partial charge in [-0.1, -0.05) is 0 Å². The van der Waals surface area contributed by atoms with Crippen LogP contribution in [0.5, 0.6) is 0 Å². The van der Waals surface area contributed by atoms with Crippen LogP contribution in [0, 0.1) is 6.92 Å². The van der Waals surface area contributed by atoms with Crippen LogP contribution in [0.4, 0.5) is 0 Å². The predicted molar refractivity (Wildman–Crippen MR) is 75.1 cm³/mol. The van der Waals surface area contributed by atoms with E-state index in [1.807, 2.05) is 23.4 Å². The third kappa shape index (κ3) is 2.82. The minimum atomic E-state index is -0.826. The van der Waals surface area contributed by atoms with Crippen LogP contribution < -0.4 is 0 Å². The van der Waals surface area contributed by atoms with E-state index in [9.17, 15) is 9.90 Å². The van der Waals surface area contributed by atoms with Gasteiger partial charge in [0, 0.05) is 33.2 Å². The fraction of sp³-hybridized carbons (Fsp3) is 0.667. The lowest BCUT2D eigenvalue weighted by atomic mass is 10.1. The molecule has 0 radical (unpaired) electrons. The van der Waals surface area contributed by atoms with E-state index in [4.69, 9.17) is 0 Å². The van der Waals surface area contributed by atoms with Crippen molar-refractivity contribution in [3.8, 4) is 0 Å². The van der Waals surface area contributed by atoms with Crippen molar-refractivity contribution in [3.05, 3.63) is 16.1 Å². The largest absolute Gasteiger partial charge is 0.480 e. The molecular weight excluding hydrogens is 312 g/mol. The summed E-state index contributed by atoms with van der Waals surface area (Å²) in [5.41, 5.74) is 0.717. The number of carbonyl (C=O) groups is 1. The molecule has 1 aliphatic rings. The number of carboxylic acids is 1. The Morgan fingerprint density at radius 1 is 1.32 bits per heavy atom. The minimum Gasteiger partial charge on any atom is -0.480 e. The zero-order chi connectivity index (χ0) is 14.2. The summed E-state index contributed by atoms with van der Waals surface area (Å²) in [6, 6.07) is -0.644. The number of piperazine rings is 1. The minimum absolute atomic E-state index is 0.624. The molecule has 7 heteroatoms. The maximum atomic E-state index is 11.7. The van der Waals surface area contributed by atoms with E-state index in [2.05, 4.69) is 32.9 Å². The normalized spacial score (nSPS) is 19.6. The van der Waals surface area contributed by atoms with Crippen molar-refractivity contribution in [2.24, 2.45) is 7.05 Å². The summed E-state index contributed by atoms with van der Waals surface area (Å²) in [4.78, 5) is 20.2. The van der Waals surface area contributed by atoms with Crippen LogP contribution in [-0.4, -0.2) is 63.7 Å². The molecule has 1 atom stereocenters. The second-order valence-corrected chi connectivity index (χ2v) is 5.73. The Morgan fingerprint density at radius 3 is 2.32 bits per heavy atom. The zero-order valence-electron chi connectivity index (χ0n) is 11.4. The number of halogens is 1. The summed E-state index contributed by atoms with van der Waals surface area (Å²) in [6.45, 7) is 5.15. The number of carboxylic acid groups (broad SMARTS) is 1.